The van der Waals surface area contributed by atoms with Gasteiger partial charge in [0.1, 0.15) is 22.3 Å². The predicted molar refractivity (Wildman–Crippen MR) is 204 cm³/mol. The maximum absolute atomic E-state index is 9.71. The first-order valence-corrected chi connectivity index (χ1v) is 15.2. The summed E-state index contributed by atoms with van der Waals surface area (Å²) in [5.74, 6) is 0. The summed E-state index contributed by atoms with van der Waals surface area (Å²) >= 11 is 0. The first kappa shape index (κ1) is 15.5. The molecule has 10 rings (SSSR count). The highest BCUT2D eigenvalue weighted by molar-refractivity contribution is 6.19. The Morgan fingerprint density at radius 3 is 2.18 bits per heavy atom. The summed E-state index contributed by atoms with van der Waals surface area (Å²) in [6.07, 6.45) is 0. The molecule has 0 unspecified atom stereocenters. The zero-order chi connectivity index (χ0) is 47.1. The van der Waals surface area contributed by atoms with Crippen molar-refractivity contribution >= 4 is 71.7 Å². The number of anilines is 3. The van der Waals surface area contributed by atoms with Crippen LogP contribution in [0.5, 0.6) is 0 Å². The van der Waals surface area contributed by atoms with E-state index in [0.717, 1.165) is 10.3 Å². The average Bonchev–Trinajstić information content (AvgIpc) is 3.89. The summed E-state index contributed by atoms with van der Waals surface area (Å²) in [4.78, 5) is 0.816. The van der Waals surface area contributed by atoms with Crippen molar-refractivity contribution in [1.29, 1.82) is 0 Å². The molecule has 8 aromatic carbocycles. The minimum Gasteiger partial charge on any atom is -0.456 e. The number of benzene rings is 8. The molecular weight excluding hydrogens is 599 g/mol. The lowest BCUT2D eigenvalue weighted by molar-refractivity contribution is 0.669. The number of furan rings is 2. The van der Waals surface area contributed by atoms with Gasteiger partial charge in [-0.3, -0.25) is 0 Å². The summed E-state index contributed by atoms with van der Waals surface area (Å²) in [6.45, 7) is 0. The average molecular weight is 645 g/mol. The Kier molecular flexibility index (Phi) is 3.49. The van der Waals surface area contributed by atoms with Gasteiger partial charge < -0.3 is 13.7 Å². The van der Waals surface area contributed by atoms with Crippen LogP contribution in [-0.4, -0.2) is 0 Å². The highest BCUT2D eigenvalue weighted by atomic mass is 16.3. The first-order valence-electron chi connectivity index (χ1n) is 23.7. The van der Waals surface area contributed by atoms with E-state index < -0.39 is 147 Å². The van der Waals surface area contributed by atoms with Gasteiger partial charge in [0.15, 0.2) is 0 Å². The Morgan fingerprint density at radius 2 is 1.27 bits per heavy atom. The van der Waals surface area contributed by atoms with Crippen LogP contribution in [0.4, 0.5) is 17.1 Å². The smallest absolute Gasteiger partial charge is 0.143 e. The van der Waals surface area contributed by atoms with E-state index in [4.69, 9.17) is 21.2 Å². The van der Waals surface area contributed by atoms with Crippen LogP contribution in [0.3, 0.4) is 0 Å². The second-order valence-corrected chi connectivity index (χ2v) is 11.2. The molecule has 0 aliphatic rings. The zero-order valence-corrected chi connectivity index (χ0v) is 25.2. The molecule has 0 radical (unpaired) electrons. The van der Waals surface area contributed by atoms with Crippen LogP contribution in [0.15, 0.2) is 184 Å². The molecule has 2 aromatic heterocycles. The van der Waals surface area contributed by atoms with Gasteiger partial charge in [-0.15, -0.1) is 0 Å². The minimum absolute atomic E-state index is 0.161. The quantitative estimate of drug-likeness (QED) is 0.187. The van der Waals surface area contributed by atoms with Gasteiger partial charge in [0.05, 0.1) is 34.4 Å². The number of rotatable bonds is 5. The van der Waals surface area contributed by atoms with E-state index in [-0.39, 0.29) is 27.6 Å². The number of fused-ring (bicyclic) bond motifs is 8. The summed E-state index contributed by atoms with van der Waals surface area (Å²) < 4.78 is 168. The third kappa shape index (κ3) is 4.51. The largest absolute Gasteiger partial charge is 0.456 e. The zero-order valence-electron chi connectivity index (χ0n) is 42.2. The fourth-order valence-electron chi connectivity index (χ4n) is 6.09. The molecule has 2 heterocycles. The first-order chi connectivity index (χ1) is 31.4. The Balaban J connectivity index is 1.40. The van der Waals surface area contributed by atoms with Gasteiger partial charge in [-0.1, -0.05) is 115 Å². The lowest BCUT2D eigenvalue weighted by Crippen LogP contribution is -2.10. The fraction of sp³-hybridized carbons (Fsp3) is 0. The van der Waals surface area contributed by atoms with Crippen molar-refractivity contribution in [2.45, 2.75) is 0 Å². The number of para-hydroxylation sites is 1. The van der Waals surface area contributed by atoms with Crippen molar-refractivity contribution in [3.8, 4) is 22.3 Å². The van der Waals surface area contributed by atoms with Gasteiger partial charge in [-0.05, 0) is 88.1 Å². The van der Waals surface area contributed by atoms with Crippen LogP contribution < -0.4 is 4.90 Å². The highest BCUT2D eigenvalue weighted by Crippen LogP contribution is 2.45. The molecule has 0 atom stereocenters. The van der Waals surface area contributed by atoms with E-state index in [1.54, 1.807) is 60.7 Å². The Labute approximate surface area is 306 Å². The molecule has 0 saturated heterocycles. The van der Waals surface area contributed by atoms with Crippen molar-refractivity contribution in [2.24, 2.45) is 0 Å². The van der Waals surface area contributed by atoms with Crippen molar-refractivity contribution in [3.63, 3.8) is 0 Å². The van der Waals surface area contributed by atoms with Gasteiger partial charge in [0, 0.05) is 32.9 Å². The second kappa shape index (κ2) is 11.0. The van der Waals surface area contributed by atoms with Crippen LogP contribution in [0, 0.1) is 0 Å². The van der Waals surface area contributed by atoms with Gasteiger partial charge in [-0.2, -0.15) is 0 Å². The fourth-order valence-corrected chi connectivity index (χ4v) is 6.09. The maximum Gasteiger partial charge on any atom is 0.143 e. The number of hydrogen-bond acceptors (Lipinski definition) is 3. The number of hydrogen-bond donors (Lipinski definition) is 0. The lowest BCUT2D eigenvalue weighted by atomic mass is 10.0. The molecule has 0 fully saturated rings. The second-order valence-electron chi connectivity index (χ2n) is 11.2. The van der Waals surface area contributed by atoms with Crippen molar-refractivity contribution in [1.82, 2.24) is 0 Å². The summed E-state index contributed by atoms with van der Waals surface area (Å²) in [7, 11) is 0. The molecule has 10 aromatic rings. The highest BCUT2D eigenvalue weighted by Gasteiger charge is 2.21. The van der Waals surface area contributed by atoms with Crippen LogP contribution in [0.1, 0.15) is 23.3 Å². The van der Waals surface area contributed by atoms with Gasteiger partial charge in [0.25, 0.3) is 0 Å². The minimum atomic E-state index is -0.865. The van der Waals surface area contributed by atoms with Crippen LogP contribution in [0.2, 0.25) is 0 Å². The molecule has 0 N–H and O–H groups in total. The number of nitrogens with zero attached hydrogens (tertiary/aromatic N) is 1. The molecule has 0 aliphatic carbocycles. The van der Waals surface area contributed by atoms with Crippen LogP contribution >= 0.6 is 0 Å². The molecule has 230 valence electrons. The predicted octanol–water partition coefficient (Wildman–Crippen LogP) is 13.4. The lowest BCUT2D eigenvalue weighted by Gasteiger charge is -2.27. The molecule has 0 spiro atoms. The van der Waals surface area contributed by atoms with Crippen molar-refractivity contribution in [2.75, 3.05) is 4.90 Å². The summed E-state index contributed by atoms with van der Waals surface area (Å²) in [6, 6.07) is 7.96. The van der Waals surface area contributed by atoms with E-state index in [2.05, 4.69) is 0 Å². The summed E-state index contributed by atoms with van der Waals surface area (Å²) in [5.41, 5.74) is -1.71. The van der Waals surface area contributed by atoms with E-state index in [1.807, 2.05) is 12.1 Å². The molecule has 49 heavy (non-hydrogen) atoms. The van der Waals surface area contributed by atoms with E-state index in [9.17, 15) is 11.0 Å². The van der Waals surface area contributed by atoms with Crippen molar-refractivity contribution in [3.05, 3.63) is 176 Å². The van der Waals surface area contributed by atoms with Crippen molar-refractivity contribution < 1.29 is 32.1 Å². The molecule has 0 amide bonds. The Bertz CT molecular complexity index is 3780. The molecule has 3 heteroatoms. The Hall–Kier alpha value is -6.58. The summed E-state index contributed by atoms with van der Waals surface area (Å²) in [5, 5.41) is -0.224. The van der Waals surface area contributed by atoms with E-state index in [0.29, 0.717) is 16.6 Å². The normalized spacial score (nSPS) is 16.5. The maximum atomic E-state index is 9.71. The van der Waals surface area contributed by atoms with Crippen LogP contribution in [-0.2, 0) is 0 Å². The van der Waals surface area contributed by atoms with Crippen LogP contribution in [0.25, 0.3) is 76.9 Å². The third-order valence-corrected chi connectivity index (χ3v) is 8.35. The van der Waals surface area contributed by atoms with Gasteiger partial charge >= 0.3 is 0 Å². The molecule has 0 aliphatic heterocycles. The monoisotopic (exact) mass is 644 g/mol. The molecular formula is C46H29NO2. The molecule has 0 saturated carbocycles. The van der Waals surface area contributed by atoms with Gasteiger partial charge in [0.2, 0.25) is 0 Å². The SMILES string of the molecule is [2H]c1c([2H])c(-c2ccccc2)c([2H])c(N(c2c([2H])c([2H])c(-c3ccc4oc5ccccc5c4c3)c([2H])c2[2H])c2c([2H])c([2H])c([2H])c3oc4c5c([2H])c([2H])c([2H])c([2H])c5c([2H])c([2H])c4c23)c1[2H]. The molecule has 0 bridgehead atoms. The van der Waals surface area contributed by atoms with Gasteiger partial charge in [-0.25, -0.2) is 0 Å². The van der Waals surface area contributed by atoms with E-state index in [1.165, 1.54) is 0 Å². The van der Waals surface area contributed by atoms with E-state index >= 15 is 0 Å². The third-order valence-electron chi connectivity index (χ3n) is 8.35. The standard InChI is InChI=1S/C46H29NO2/c1-2-10-30(11-3-1)33-13-8-14-36(28-33)47(41-17-9-19-44-45(41)39-26-22-32-12-4-5-15-37(32)46(39)49-44)35-24-20-31(21-25-35)34-23-27-43-40(29-34)38-16-6-7-18-42(38)48-43/h1-29H/i4D,5D,8D,9D,12D,13D,14D,15D,17D,19D,20D,21D,22D,24D,25D,26D,28D. The molecule has 3 nitrogen and oxygen atoms in total. The topological polar surface area (TPSA) is 29.5 Å². The Morgan fingerprint density at radius 1 is 0.449 bits per heavy atom.